The van der Waals surface area contributed by atoms with E-state index < -0.39 is 5.91 Å². The molecular weight excluding hydrogens is 377 g/mol. The van der Waals surface area contributed by atoms with Crippen LogP contribution in [0.25, 0.3) is 0 Å². The molecule has 0 atom stereocenters. The van der Waals surface area contributed by atoms with Crippen LogP contribution in [0, 0.1) is 5.82 Å². The third kappa shape index (κ3) is 4.00. The number of nitrogens with two attached hydrogens (primary N) is 1. The molecule has 4 N–H and O–H groups in total. The molecule has 0 saturated heterocycles. The van der Waals surface area contributed by atoms with Crippen LogP contribution in [0.5, 0.6) is 0 Å². The maximum absolute atomic E-state index is 14.2. The van der Waals surface area contributed by atoms with Crippen LogP contribution in [0.1, 0.15) is 41.1 Å². The second-order valence-corrected chi connectivity index (χ2v) is 6.99. The van der Waals surface area contributed by atoms with Gasteiger partial charge in [-0.05, 0) is 37.1 Å². The molecule has 29 heavy (non-hydrogen) atoms. The zero-order valence-corrected chi connectivity index (χ0v) is 15.6. The molecule has 0 bridgehead atoms. The van der Waals surface area contributed by atoms with Gasteiger partial charge in [0.25, 0.3) is 11.9 Å². The Hall–Kier alpha value is -3.56. The third-order valence-corrected chi connectivity index (χ3v) is 5.08. The van der Waals surface area contributed by atoms with Gasteiger partial charge in [-0.1, -0.05) is 6.42 Å². The Morgan fingerprint density at radius 2 is 2.10 bits per heavy atom. The molecule has 3 aromatic rings. The van der Waals surface area contributed by atoms with Crippen molar-refractivity contribution in [2.45, 2.75) is 31.2 Å². The van der Waals surface area contributed by atoms with Gasteiger partial charge in [-0.15, -0.1) is 5.10 Å². The normalized spacial score (nSPS) is 14.8. The number of hydrogen-bond donors (Lipinski definition) is 3. The van der Waals surface area contributed by atoms with Crippen LogP contribution in [0.3, 0.4) is 0 Å². The van der Waals surface area contributed by atoms with Crippen molar-refractivity contribution in [1.29, 1.82) is 0 Å². The van der Waals surface area contributed by atoms with Crippen molar-refractivity contribution in [1.82, 2.24) is 20.2 Å². The number of nitrogens with zero attached hydrogens (tertiary/aromatic N) is 4. The van der Waals surface area contributed by atoms with Crippen LogP contribution < -0.4 is 16.4 Å². The number of oxazole rings is 1. The van der Waals surface area contributed by atoms with Gasteiger partial charge >= 0.3 is 0 Å². The second kappa shape index (κ2) is 7.82. The third-order valence-electron chi connectivity index (χ3n) is 5.08. The van der Waals surface area contributed by atoms with Gasteiger partial charge in [-0.3, -0.25) is 9.78 Å². The lowest BCUT2D eigenvalue weighted by molar-refractivity contribution is 0.0995. The number of anilines is 2. The largest absolute Gasteiger partial charge is 0.431 e. The second-order valence-electron chi connectivity index (χ2n) is 6.99. The fraction of sp³-hybridized carbons (Fsp3) is 0.316. The predicted molar refractivity (Wildman–Crippen MR) is 103 cm³/mol. The average molecular weight is 397 g/mol. The Labute approximate surface area is 166 Å². The quantitative estimate of drug-likeness (QED) is 0.527. The zero-order chi connectivity index (χ0) is 20.3. The van der Waals surface area contributed by atoms with Gasteiger partial charge in [0.15, 0.2) is 5.69 Å². The van der Waals surface area contributed by atoms with Crippen molar-refractivity contribution in [2.75, 3.05) is 17.2 Å². The first-order valence-electron chi connectivity index (χ1n) is 9.22. The topological polar surface area (TPSA) is 132 Å². The summed E-state index contributed by atoms with van der Waals surface area (Å²) >= 11 is 0. The van der Waals surface area contributed by atoms with Gasteiger partial charge in [-0.2, -0.15) is 10.1 Å². The summed E-state index contributed by atoms with van der Waals surface area (Å²) in [6.07, 6.45) is 5.62. The number of nitrogens with one attached hydrogen (secondary N) is 2. The monoisotopic (exact) mass is 397 g/mol. The van der Waals surface area contributed by atoms with Gasteiger partial charge in [0.1, 0.15) is 17.9 Å². The summed E-state index contributed by atoms with van der Waals surface area (Å²) in [7, 11) is 0. The van der Waals surface area contributed by atoms with Gasteiger partial charge in [0.05, 0.1) is 17.9 Å². The molecule has 1 amide bonds. The van der Waals surface area contributed by atoms with E-state index in [1.807, 2.05) is 0 Å². The maximum Gasteiger partial charge on any atom is 0.295 e. The Balaban J connectivity index is 1.34. The number of rotatable bonds is 8. The van der Waals surface area contributed by atoms with E-state index in [1.54, 1.807) is 24.4 Å². The molecule has 9 nitrogen and oxygen atoms in total. The summed E-state index contributed by atoms with van der Waals surface area (Å²) in [6.45, 7) is 0.856. The van der Waals surface area contributed by atoms with Gasteiger partial charge < -0.3 is 20.8 Å². The Morgan fingerprint density at radius 3 is 2.72 bits per heavy atom. The maximum atomic E-state index is 14.2. The summed E-state index contributed by atoms with van der Waals surface area (Å²) in [5.74, 6) is -0.331. The number of hydrogen-bond acceptors (Lipinski definition) is 8. The average Bonchev–Trinajstić information content (AvgIpc) is 3.17. The highest BCUT2D eigenvalue weighted by Gasteiger charge is 2.41. The van der Waals surface area contributed by atoms with Crippen LogP contribution in [0.2, 0.25) is 0 Å². The lowest BCUT2D eigenvalue weighted by Gasteiger charge is -2.41. The van der Waals surface area contributed by atoms with Crippen molar-refractivity contribution in [3.63, 3.8) is 0 Å². The van der Waals surface area contributed by atoms with E-state index in [4.69, 9.17) is 10.2 Å². The highest BCUT2D eigenvalue weighted by molar-refractivity contribution is 5.90. The molecule has 1 saturated carbocycles. The zero-order valence-electron chi connectivity index (χ0n) is 15.6. The highest BCUT2D eigenvalue weighted by Crippen LogP contribution is 2.43. The number of carbonyl (C=O) groups is 1. The number of aromatic nitrogens is 4. The molecule has 1 aliphatic rings. The molecule has 0 radical (unpaired) electrons. The summed E-state index contributed by atoms with van der Waals surface area (Å²) in [5, 5.41) is 14.5. The molecule has 1 fully saturated rings. The molecule has 10 heteroatoms. The van der Waals surface area contributed by atoms with Crippen LogP contribution in [-0.2, 0) is 12.0 Å². The van der Waals surface area contributed by atoms with E-state index in [0.29, 0.717) is 30.3 Å². The first-order valence-corrected chi connectivity index (χ1v) is 9.22. The smallest absolute Gasteiger partial charge is 0.295 e. The standard InChI is InChI=1S/C19H20FN7O2/c20-13-3-1-8-22-16(13)19(6-2-7-19)11-24-15-5-4-12(26-27-15)9-23-18-25-14(10-29-18)17(21)28/h1,3-5,8,10H,2,6-7,9,11H2,(H2,21,28)(H,23,25)(H,24,27). The number of amides is 1. The molecule has 150 valence electrons. The van der Waals surface area contributed by atoms with E-state index in [0.717, 1.165) is 19.3 Å². The SMILES string of the molecule is NC(=O)c1coc(NCc2ccc(NCC3(c4ncccc4F)CCC3)nn2)n1. The molecule has 0 spiro atoms. The first kappa shape index (κ1) is 18.8. The molecular formula is C19H20FN7O2. The molecule has 4 rings (SSSR count). The number of carbonyl (C=O) groups excluding carboxylic acids is 1. The van der Waals surface area contributed by atoms with Crippen molar-refractivity contribution in [3.05, 3.63) is 59.6 Å². The van der Waals surface area contributed by atoms with Gasteiger partial charge in [0, 0.05) is 18.2 Å². The van der Waals surface area contributed by atoms with E-state index in [-0.39, 0.29) is 22.9 Å². The van der Waals surface area contributed by atoms with Crippen LogP contribution in [0.15, 0.2) is 41.1 Å². The van der Waals surface area contributed by atoms with Crippen molar-refractivity contribution in [3.8, 4) is 0 Å². The minimum Gasteiger partial charge on any atom is -0.431 e. The van der Waals surface area contributed by atoms with E-state index >= 15 is 0 Å². The minimum absolute atomic E-state index is 0.0485. The summed E-state index contributed by atoms with van der Waals surface area (Å²) in [4.78, 5) is 19.2. The van der Waals surface area contributed by atoms with Crippen molar-refractivity contribution >= 4 is 17.7 Å². The van der Waals surface area contributed by atoms with Crippen LogP contribution >= 0.6 is 0 Å². The highest BCUT2D eigenvalue weighted by atomic mass is 19.1. The predicted octanol–water partition coefficient (Wildman–Crippen LogP) is 2.24. The number of pyridine rings is 1. The Kier molecular flexibility index (Phi) is 5.07. The van der Waals surface area contributed by atoms with E-state index in [1.165, 1.54) is 12.3 Å². The fourth-order valence-corrected chi connectivity index (χ4v) is 3.32. The summed E-state index contributed by atoms with van der Waals surface area (Å²) in [6, 6.07) is 6.82. The lowest BCUT2D eigenvalue weighted by Crippen LogP contribution is -2.42. The summed E-state index contributed by atoms with van der Waals surface area (Å²) < 4.78 is 19.3. The van der Waals surface area contributed by atoms with E-state index in [9.17, 15) is 9.18 Å². The van der Waals surface area contributed by atoms with Crippen LogP contribution in [-0.4, -0.2) is 32.6 Å². The van der Waals surface area contributed by atoms with Crippen molar-refractivity contribution < 1.29 is 13.6 Å². The number of halogens is 1. The molecule has 3 heterocycles. The molecule has 1 aliphatic carbocycles. The first-order chi connectivity index (χ1) is 14.1. The molecule has 3 aromatic heterocycles. The molecule has 0 aromatic carbocycles. The van der Waals surface area contributed by atoms with Gasteiger partial charge in [-0.25, -0.2) is 4.39 Å². The van der Waals surface area contributed by atoms with Crippen molar-refractivity contribution in [2.24, 2.45) is 5.73 Å². The fourth-order valence-electron chi connectivity index (χ4n) is 3.32. The Bertz CT molecular complexity index is 1000. The van der Waals surface area contributed by atoms with Gasteiger partial charge in [0.2, 0.25) is 0 Å². The van der Waals surface area contributed by atoms with Crippen LogP contribution in [0.4, 0.5) is 16.2 Å². The number of primary amides is 1. The Morgan fingerprint density at radius 1 is 1.24 bits per heavy atom. The minimum atomic E-state index is -0.660. The molecule has 0 unspecified atom stereocenters. The lowest BCUT2D eigenvalue weighted by atomic mass is 9.66. The molecule has 0 aliphatic heterocycles. The van der Waals surface area contributed by atoms with E-state index in [2.05, 4.69) is 30.8 Å². The summed E-state index contributed by atoms with van der Waals surface area (Å²) in [5.41, 5.74) is 6.03.